The molecular weight excluding hydrogens is 288 g/mol. The maximum Gasteiger partial charge on any atom is 0.122 e. The third-order valence-electron chi connectivity index (χ3n) is 6.32. The van der Waals surface area contributed by atoms with Crippen molar-refractivity contribution >= 4 is 0 Å². The topological polar surface area (TPSA) is 35.9 Å². The van der Waals surface area contributed by atoms with E-state index in [1.807, 2.05) is 6.07 Å². The molecule has 1 N–H and O–H groups in total. The molecule has 4 nitrogen and oxygen atoms in total. The molecule has 2 atom stereocenters. The molecule has 126 valence electrons. The van der Waals surface area contributed by atoms with Crippen molar-refractivity contribution in [2.24, 2.45) is 5.41 Å². The van der Waals surface area contributed by atoms with Crippen molar-refractivity contribution in [3.05, 3.63) is 29.8 Å². The highest BCUT2D eigenvalue weighted by Gasteiger charge is 2.52. The van der Waals surface area contributed by atoms with Crippen LogP contribution in [0.2, 0.25) is 0 Å². The first kappa shape index (κ1) is 15.4. The number of fused-ring (bicyclic) bond motifs is 3. The highest BCUT2D eigenvalue weighted by atomic mass is 16.5. The highest BCUT2D eigenvalue weighted by molar-refractivity contribution is 5.41. The summed E-state index contributed by atoms with van der Waals surface area (Å²) in [5, 5.41) is 10.2. The fraction of sp³-hybridized carbons (Fsp3) is 0.684. The highest BCUT2D eigenvalue weighted by Crippen LogP contribution is 2.50. The molecule has 0 aliphatic carbocycles. The van der Waals surface area contributed by atoms with Crippen molar-refractivity contribution in [3.8, 4) is 5.75 Å². The van der Waals surface area contributed by atoms with Crippen LogP contribution >= 0.6 is 0 Å². The second kappa shape index (κ2) is 6.08. The number of hydrogen-bond donors (Lipinski definition) is 1. The van der Waals surface area contributed by atoms with Crippen molar-refractivity contribution < 1.29 is 9.84 Å². The zero-order chi connectivity index (χ0) is 15.9. The molecular formula is C19H28N2O2. The van der Waals surface area contributed by atoms with Crippen molar-refractivity contribution in [2.45, 2.75) is 31.7 Å². The fourth-order valence-electron chi connectivity index (χ4n) is 4.79. The van der Waals surface area contributed by atoms with E-state index in [1.54, 1.807) is 0 Å². The van der Waals surface area contributed by atoms with E-state index < -0.39 is 0 Å². The van der Waals surface area contributed by atoms with Crippen molar-refractivity contribution in [1.82, 2.24) is 9.80 Å². The van der Waals surface area contributed by atoms with Gasteiger partial charge in [0.05, 0.1) is 13.2 Å². The van der Waals surface area contributed by atoms with Crippen molar-refractivity contribution in [1.29, 1.82) is 0 Å². The number of hydrogen-bond acceptors (Lipinski definition) is 4. The molecule has 0 bridgehead atoms. The summed E-state index contributed by atoms with van der Waals surface area (Å²) in [4.78, 5) is 5.18. The summed E-state index contributed by atoms with van der Waals surface area (Å²) >= 11 is 0. The number of piperidine rings is 1. The summed E-state index contributed by atoms with van der Waals surface area (Å²) in [7, 11) is 0. The predicted octanol–water partition coefficient (Wildman–Crippen LogP) is 1.94. The van der Waals surface area contributed by atoms with E-state index >= 15 is 0 Å². The van der Waals surface area contributed by atoms with Crippen LogP contribution in [0.4, 0.5) is 0 Å². The van der Waals surface area contributed by atoms with Gasteiger partial charge in [0, 0.05) is 30.5 Å². The Hall–Kier alpha value is -1.10. The third-order valence-corrected chi connectivity index (χ3v) is 6.32. The number of aliphatic hydroxyl groups excluding tert-OH is 1. The molecule has 0 saturated carbocycles. The monoisotopic (exact) mass is 316 g/mol. The average molecular weight is 316 g/mol. The van der Waals surface area contributed by atoms with Gasteiger partial charge in [-0.1, -0.05) is 25.1 Å². The van der Waals surface area contributed by atoms with Gasteiger partial charge in [0.15, 0.2) is 0 Å². The van der Waals surface area contributed by atoms with E-state index in [0.29, 0.717) is 18.6 Å². The molecule has 1 aromatic carbocycles. The Morgan fingerprint density at radius 3 is 2.78 bits per heavy atom. The molecule has 1 aromatic rings. The lowest BCUT2D eigenvalue weighted by Crippen LogP contribution is -2.46. The lowest BCUT2D eigenvalue weighted by Gasteiger charge is -2.38. The quantitative estimate of drug-likeness (QED) is 0.924. The van der Waals surface area contributed by atoms with Gasteiger partial charge in [-0.2, -0.15) is 0 Å². The Balaban J connectivity index is 1.54. The van der Waals surface area contributed by atoms with E-state index in [4.69, 9.17) is 4.74 Å². The number of rotatable bonds is 3. The molecule has 0 aromatic heterocycles. The molecule has 0 radical (unpaired) electrons. The van der Waals surface area contributed by atoms with Gasteiger partial charge in [-0.3, -0.25) is 4.90 Å². The number of para-hydroxylation sites is 1. The van der Waals surface area contributed by atoms with Crippen LogP contribution in [-0.4, -0.2) is 66.9 Å². The standard InChI is InChI=1S/C19H28N2O2/c1-2-20-9-7-15(8-10-20)21-11-17-16-5-3-4-6-18(16)23-14-19(17,12-21)13-22/h3-6,15,17,22H,2,7-14H2,1H3. The van der Waals surface area contributed by atoms with Gasteiger partial charge in [0.25, 0.3) is 0 Å². The Kier molecular flexibility index (Phi) is 4.08. The third kappa shape index (κ3) is 2.57. The molecule has 2 unspecified atom stereocenters. The maximum atomic E-state index is 10.2. The van der Waals surface area contributed by atoms with Gasteiger partial charge >= 0.3 is 0 Å². The zero-order valence-electron chi connectivity index (χ0n) is 14.1. The predicted molar refractivity (Wildman–Crippen MR) is 90.9 cm³/mol. The summed E-state index contributed by atoms with van der Waals surface area (Å²) in [6.45, 7) is 8.74. The lowest BCUT2D eigenvalue weighted by atomic mass is 9.74. The summed E-state index contributed by atoms with van der Waals surface area (Å²) < 4.78 is 6.01. The first-order valence-electron chi connectivity index (χ1n) is 9.05. The van der Waals surface area contributed by atoms with Crippen LogP contribution in [0.5, 0.6) is 5.75 Å². The first-order valence-corrected chi connectivity index (χ1v) is 9.05. The minimum atomic E-state index is -0.115. The molecule has 2 fully saturated rings. The van der Waals surface area contributed by atoms with Crippen LogP contribution in [0, 0.1) is 5.41 Å². The van der Waals surface area contributed by atoms with E-state index in [9.17, 15) is 5.11 Å². The molecule has 4 heteroatoms. The van der Waals surface area contributed by atoms with E-state index in [1.165, 1.54) is 31.5 Å². The minimum Gasteiger partial charge on any atom is -0.493 e. The molecule has 23 heavy (non-hydrogen) atoms. The second-order valence-electron chi connectivity index (χ2n) is 7.49. The van der Waals surface area contributed by atoms with E-state index in [2.05, 4.69) is 34.9 Å². The molecule has 3 heterocycles. The number of benzene rings is 1. The van der Waals surface area contributed by atoms with Gasteiger partial charge < -0.3 is 14.7 Å². The first-order chi connectivity index (χ1) is 11.3. The Morgan fingerprint density at radius 2 is 2.04 bits per heavy atom. The van der Waals surface area contributed by atoms with Crippen LogP contribution in [-0.2, 0) is 0 Å². The van der Waals surface area contributed by atoms with Gasteiger partial charge in [-0.25, -0.2) is 0 Å². The molecule has 4 rings (SSSR count). The van der Waals surface area contributed by atoms with Crippen LogP contribution in [0.3, 0.4) is 0 Å². The van der Waals surface area contributed by atoms with Crippen LogP contribution in [0.25, 0.3) is 0 Å². The second-order valence-corrected chi connectivity index (χ2v) is 7.49. The largest absolute Gasteiger partial charge is 0.493 e. The average Bonchev–Trinajstić information content (AvgIpc) is 3.02. The minimum absolute atomic E-state index is 0.115. The smallest absolute Gasteiger partial charge is 0.122 e. The Bertz CT molecular complexity index is 556. The van der Waals surface area contributed by atoms with Gasteiger partial charge in [0.2, 0.25) is 0 Å². The van der Waals surface area contributed by atoms with Crippen LogP contribution in [0.1, 0.15) is 31.2 Å². The molecule has 0 amide bonds. The van der Waals surface area contributed by atoms with Crippen molar-refractivity contribution in [2.75, 3.05) is 45.9 Å². The van der Waals surface area contributed by atoms with E-state index in [0.717, 1.165) is 25.4 Å². The summed E-state index contributed by atoms with van der Waals surface area (Å²) in [6, 6.07) is 9.06. The van der Waals surface area contributed by atoms with Gasteiger partial charge in [0.1, 0.15) is 5.75 Å². The summed E-state index contributed by atoms with van der Waals surface area (Å²) in [6.07, 6.45) is 2.51. The Labute approximate surface area is 139 Å². The maximum absolute atomic E-state index is 10.2. The number of likely N-dealkylation sites (tertiary alicyclic amines) is 2. The lowest BCUT2D eigenvalue weighted by molar-refractivity contribution is 0.0389. The molecule has 2 saturated heterocycles. The summed E-state index contributed by atoms with van der Waals surface area (Å²) in [5.41, 5.74) is 1.18. The van der Waals surface area contributed by atoms with Crippen molar-refractivity contribution in [3.63, 3.8) is 0 Å². The van der Waals surface area contributed by atoms with Crippen LogP contribution < -0.4 is 4.74 Å². The number of nitrogens with zero attached hydrogens (tertiary/aromatic N) is 2. The molecule has 3 aliphatic rings. The zero-order valence-corrected chi connectivity index (χ0v) is 14.1. The normalized spacial score (nSPS) is 32.3. The Morgan fingerprint density at radius 1 is 1.26 bits per heavy atom. The molecule has 0 spiro atoms. The van der Waals surface area contributed by atoms with Gasteiger partial charge in [-0.05, 0) is 44.1 Å². The van der Waals surface area contributed by atoms with E-state index in [-0.39, 0.29) is 12.0 Å². The SMILES string of the molecule is CCN1CCC(N2CC3c4ccccc4OCC3(CO)C2)CC1. The summed E-state index contributed by atoms with van der Waals surface area (Å²) in [5.74, 6) is 1.42. The van der Waals surface area contributed by atoms with Gasteiger partial charge in [-0.15, -0.1) is 0 Å². The number of ether oxygens (including phenoxy) is 1. The number of aliphatic hydroxyl groups is 1. The van der Waals surface area contributed by atoms with Crippen LogP contribution in [0.15, 0.2) is 24.3 Å². The fourth-order valence-corrected chi connectivity index (χ4v) is 4.79. The molecule has 3 aliphatic heterocycles.